The molecule has 0 aliphatic carbocycles. The fourth-order valence-electron chi connectivity index (χ4n) is 2.70. The van der Waals surface area contributed by atoms with Crippen molar-refractivity contribution >= 4 is 5.91 Å². The largest absolute Gasteiger partial charge is 0.342 e. The SMILES string of the molecule is CN1CCC(NCC(=O)N2CCCCC2)CC1. The van der Waals surface area contributed by atoms with Crippen molar-refractivity contribution in [3.63, 3.8) is 0 Å². The Balaban J connectivity index is 1.65. The molecule has 2 saturated heterocycles. The molecule has 0 bridgehead atoms. The fourth-order valence-corrected chi connectivity index (χ4v) is 2.70. The molecule has 2 rings (SSSR count). The van der Waals surface area contributed by atoms with Crippen molar-refractivity contribution in [1.82, 2.24) is 15.1 Å². The lowest BCUT2D eigenvalue weighted by Crippen LogP contribution is -2.46. The highest BCUT2D eigenvalue weighted by Crippen LogP contribution is 2.10. The van der Waals surface area contributed by atoms with Crippen molar-refractivity contribution < 1.29 is 4.79 Å². The van der Waals surface area contributed by atoms with E-state index in [1.54, 1.807) is 0 Å². The number of rotatable bonds is 3. The standard InChI is InChI=1S/C13H25N3O/c1-15-9-5-12(6-10-15)14-11-13(17)16-7-3-2-4-8-16/h12,14H,2-11H2,1H3. The second-order valence-electron chi connectivity index (χ2n) is 5.40. The van der Waals surface area contributed by atoms with Crippen molar-refractivity contribution in [2.75, 3.05) is 39.8 Å². The summed E-state index contributed by atoms with van der Waals surface area (Å²) < 4.78 is 0. The summed E-state index contributed by atoms with van der Waals surface area (Å²) in [5.41, 5.74) is 0. The van der Waals surface area contributed by atoms with Gasteiger partial charge >= 0.3 is 0 Å². The quantitative estimate of drug-likeness (QED) is 0.787. The second-order valence-corrected chi connectivity index (χ2v) is 5.40. The van der Waals surface area contributed by atoms with Gasteiger partial charge in [0.1, 0.15) is 0 Å². The first kappa shape index (κ1) is 12.8. The van der Waals surface area contributed by atoms with Crippen LogP contribution in [0.2, 0.25) is 0 Å². The summed E-state index contributed by atoms with van der Waals surface area (Å²) in [6.45, 7) is 4.77. The topological polar surface area (TPSA) is 35.6 Å². The number of piperidine rings is 2. The molecule has 2 aliphatic heterocycles. The third-order valence-electron chi connectivity index (χ3n) is 3.97. The van der Waals surface area contributed by atoms with E-state index in [-0.39, 0.29) is 0 Å². The number of nitrogens with zero attached hydrogens (tertiary/aromatic N) is 2. The van der Waals surface area contributed by atoms with Crippen LogP contribution in [0.25, 0.3) is 0 Å². The number of amides is 1. The molecule has 98 valence electrons. The first-order valence-corrected chi connectivity index (χ1v) is 6.95. The van der Waals surface area contributed by atoms with Gasteiger partial charge in [0.2, 0.25) is 5.91 Å². The maximum atomic E-state index is 12.0. The Morgan fingerprint density at radius 3 is 2.41 bits per heavy atom. The van der Waals surface area contributed by atoms with Crippen LogP contribution in [0.3, 0.4) is 0 Å². The van der Waals surface area contributed by atoms with Gasteiger partial charge in [-0.25, -0.2) is 0 Å². The van der Waals surface area contributed by atoms with E-state index in [0.717, 1.165) is 26.2 Å². The predicted octanol–water partition coefficient (Wildman–Crippen LogP) is 0.683. The zero-order valence-electron chi connectivity index (χ0n) is 11.0. The highest BCUT2D eigenvalue weighted by molar-refractivity contribution is 5.78. The minimum absolute atomic E-state index is 0.295. The predicted molar refractivity (Wildman–Crippen MR) is 69.0 cm³/mol. The van der Waals surface area contributed by atoms with E-state index in [9.17, 15) is 4.79 Å². The molecular weight excluding hydrogens is 214 g/mol. The molecule has 0 unspecified atom stereocenters. The number of likely N-dealkylation sites (tertiary alicyclic amines) is 2. The molecule has 0 aromatic rings. The normalized spacial score (nSPS) is 23.9. The number of hydrogen-bond donors (Lipinski definition) is 1. The van der Waals surface area contributed by atoms with E-state index >= 15 is 0 Å². The van der Waals surface area contributed by atoms with E-state index in [4.69, 9.17) is 0 Å². The molecule has 2 heterocycles. The minimum atomic E-state index is 0.295. The zero-order valence-corrected chi connectivity index (χ0v) is 11.0. The van der Waals surface area contributed by atoms with Crippen LogP contribution < -0.4 is 5.32 Å². The Morgan fingerprint density at radius 1 is 1.12 bits per heavy atom. The van der Waals surface area contributed by atoms with Gasteiger partial charge in [0.05, 0.1) is 6.54 Å². The molecule has 1 N–H and O–H groups in total. The monoisotopic (exact) mass is 239 g/mol. The summed E-state index contributed by atoms with van der Waals surface area (Å²) in [6.07, 6.45) is 5.99. The van der Waals surface area contributed by atoms with Crippen molar-refractivity contribution in [1.29, 1.82) is 0 Å². The molecule has 2 aliphatic rings. The van der Waals surface area contributed by atoms with Gasteiger partial charge in [-0.15, -0.1) is 0 Å². The van der Waals surface area contributed by atoms with E-state index < -0.39 is 0 Å². The van der Waals surface area contributed by atoms with Crippen molar-refractivity contribution in [3.05, 3.63) is 0 Å². The van der Waals surface area contributed by atoms with Gasteiger partial charge in [-0.2, -0.15) is 0 Å². The lowest BCUT2D eigenvalue weighted by Gasteiger charge is -2.31. The number of nitrogens with one attached hydrogen (secondary N) is 1. The van der Waals surface area contributed by atoms with Gasteiger partial charge in [0.25, 0.3) is 0 Å². The average molecular weight is 239 g/mol. The summed E-state index contributed by atoms with van der Waals surface area (Å²) in [7, 11) is 2.16. The molecule has 1 amide bonds. The van der Waals surface area contributed by atoms with Crippen molar-refractivity contribution in [2.45, 2.75) is 38.1 Å². The smallest absolute Gasteiger partial charge is 0.236 e. The van der Waals surface area contributed by atoms with E-state index in [0.29, 0.717) is 18.5 Å². The summed E-state index contributed by atoms with van der Waals surface area (Å²) in [5, 5.41) is 3.42. The highest BCUT2D eigenvalue weighted by Gasteiger charge is 2.20. The van der Waals surface area contributed by atoms with Crippen LogP contribution in [-0.2, 0) is 4.79 Å². The van der Waals surface area contributed by atoms with Crippen LogP contribution in [0.5, 0.6) is 0 Å². The number of hydrogen-bond acceptors (Lipinski definition) is 3. The second kappa shape index (κ2) is 6.36. The van der Waals surface area contributed by atoms with Gasteiger partial charge in [-0.3, -0.25) is 4.79 Å². The highest BCUT2D eigenvalue weighted by atomic mass is 16.2. The van der Waals surface area contributed by atoms with Crippen LogP contribution in [0, 0.1) is 0 Å². The third-order valence-corrected chi connectivity index (χ3v) is 3.97. The van der Waals surface area contributed by atoms with Crippen molar-refractivity contribution in [2.24, 2.45) is 0 Å². The van der Waals surface area contributed by atoms with Crippen LogP contribution in [0.1, 0.15) is 32.1 Å². The van der Waals surface area contributed by atoms with Gasteiger partial charge in [-0.1, -0.05) is 0 Å². The average Bonchev–Trinajstić information content (AvgIpc) is 2.39. The fraction of sp³-hybridized carbons (Fsp3) is 0.923. The van der Waals surface area contributed by atoms with Crippen LogP contribution in [0.4, 0.5) is 0 Å². The molecule has 0 radical (unpaired) electrons. The molecule has 0 aromatic heterocycles. The molecule has 0 atom stereocenters. The number of carbonyl (C=O) groups excluding carboxylic acids is 1. The molecular formula is C13H25N3O. The Morgan fingerprint density at radius 2 is 1.76 bits per heavy atom. The van der Waals surface area contributed by atoms with Gasteiger partial charge in [0, 0.05) is 19.1 Å². The van der Waals surface area contributed by atoms with Crippen LogP contribution >= 0.6 is 0 Å². The Bertz CT molecular complexity index is 243. The minimum Gasteiger partial charge on any atom is -0.342 e. The van der Waals surface area contributed by atoms with Gasteiger partial charge < -0.3 is 15.1 Å². The Labute approximate surface area is 104 Å². The molecule has 4 heteroatoms. The molecule has 2 fully saturated rings. The maximum absolute atomic E-state index is 12.0. The third kappa shape index (κ3) is 3.96. The summed E-state index contributed by atoms with van der Waals surface area (Å²) in [4.78, 5) is 16.3. The van der Waals surface area contributed by atoms with E-state index in [1.165, 1.54) is 32.1 Å². The first-order valence-electron chi connectivity index (χ1n) is 6.95. The number of carbonyl (C=O) groups is 1. The summed E-state index contributed by atoms with van der Waals surface area (Å²) in [6, 6.07) is 0.542. The van der Waals surface area contributed by atoms with Crippen molar-refractivity contribution in [3.8, 4) is 0 Å². The van der Waals surface area contributed by atoms with Crippen LogP contribution in [-0.4, -0.2) is 61.5 Å². The molecule has 0 saturated carbocycles. The summed E-state index contributed by atoms with van der Waals surface area (Å²) in [5.74, 6) is 0.295. The van der Waals surface area contributed by atoms with Crippen LogP contribution in [0.15, 0.2) is 0 Å². The molecule has 0 spiro atoms. The lowest BCUT2D eigenvalue weighted by molar-refractivity contribution is -0.131. The molecule has 4 nitrogen and oxygen atoms in total. The van der Waals surface area contributed by atoms with Gasteiger partial charge in [-0.05, 0) is 52.2 Å². The lowest BCUT2D eigenvalue weighted by atomic mass is 10.1. The first-order chi connectivity index (χ1) is 8.25. The summed E-state index contributed by atoms with van der Waals surface area (Å²) >= 11 is 0. The van der Waals surface area contributed by atoms with E-state index in [2.05, 4.69) is 17.3 Å². The Hall–Kier alpha value is -0.610. The molecule has 17 heavy (non-hydrogen) atoms. The molecule has 0 aromatic carbocycles. The Kier molecular flexibility index (Phi) is 4.80. The zero-order chi connectivity index (χ0) is 12.1. The maximum Gasteiger partial charge on any atom is 0.236 e. The van der Waals surface area contributed by atoms with Gasteiger partial charge in [0.15, 0.2) is 0 Å². The van der Waals surface area contributed by atoms with E-state index in [1.807, 2.05) is 4.90 Å².